The Balaban J connectivity index is 1.75. The lowest BCUT2D eigenvalue weighted by molar-refractivity contribution is -0.178. The zero-order valence-corrected chi connectivity index (χ0v) is 15.4. The Morgan fingerprint density at radius 3 is 2.73 bits per heavy atom. The summed E-state index contributed by atoms with van der Waals surface area (Å²) < 4.78 is 0. The number of carbonyl (C=O) groups is 2. The van der Waals surface area contributed by atoms with Crippen LogP contribution in [0.1, 0.15) is 46.0 Å². The van der Waals surface area contributed by atoms with Crippen molar-refractivity contribution in [3.63, 3.8) is 0 Å². The van der Waals surface area contributed by atoms with Crippen LogP contribution in [-0.4, -0.2) is 45.2 Å². The van der Waals surface area contributed by atoms with Gasteiger partial charge in [-0.2, -0.15) is 0 Å². The van der Waals surface area contributed by atoms with E-state index in [0.29, 0.717) is 12.8 Å². The number of fused-ring (bicyclic) bond motifs is 5. The first-order valence-electron chi connectivity index (χ1n) is 9.66. The van der Waals surface area contributed by atoms with Gasteiger partial charge in [-0.15, -0.1) is 0 Å². The van der Waals surface area contributed by atoms with Crippen LogP contribution in [-0.2, 0) is 9.59 Å². The van der Waals surface area contributed by atoms with Gasteiger partial charge in [0.25, 0.3) is 0 Å². The zero-order valence-electron chi connectivity index (χ0n) is 15.4. The number of hydrogen-bond acceptors (Lipinski definition) is 5. The van der Waals surface area contributed by atoms with Gasteiger partial charge in [0, 0.05) is 16.7 Å². The number of aliphatic hydroxyl groups excluding tert-OH is 2. The highest BCUT2D eigenvalue weighted by molar-refractivity contribution is 6.01. The van der Waals surface area contributed by atoms with Crippen molar-refractivity contribution in [2.24, 2.45) is 28.6 Å². The molecule has 26 heavy (non-hydrogen) atoms. The summed E-state index contributed by atoms with van der Waals surface area (Å²) in [7, 11) is 0. The average molecular weight is 360 g/mol. The van der Waals surface area contributed by atoms with E-state index in [0.717, 1.165) is 24.8 Å². The Labute approximate surface area is 153 Å². The van der Waals surface area contributed by atoms with Crippen LogP contribution in [0, 0.1) is 28.6 Å². The van der Waals surface area contributed by atoms with E-state index in [1.807, 2.05) is 13.0 Å². The first kappa shape index (κ1) is 18.1. The maximum Gasteiger partial charge on any atom is 0.190 e. The van der Waals surface area contributed by atoms with E-state index in [2.05, 4.69) is 6.92 Å². The zero-order chi connectivity index (χ0) is 18.9. The summed E-state index contributed by atoms with van der Waals surface area (Å²) in [5.74, 6) is -0.227. The first-order chi connectivity index (χ1) is 12.2. The molecular formula is C21H28O5. The molecule has 7 atom stereocenters. The van der Waals surface area contributed by atoms with Crippen molar-refractivity contribution >= 4 is 11.6 Å². The molecule has 4 aliphatic carbocycles. The molecule has 0 aliphatic heterocycles. The maximum absolute atomic E-state index is 12.4. The molecule has 0 spiro atoms. The van der Waals surface area contributed by atoms with Crippen LogP contribution in [0.25, 0.3) is 0 Å². The average Bonchev–Trinajstić information content (AvgIpc) is 2.86. The standard InChI is InChI=1S/C21H28O5/c1-19-7-5-13(23)9-12(19)3-4-14-15-6-8-21(26,17(25)11-22)20(15,2)10-16(24)18(14)19/h5,7,9,14-16,18,22,24,26H,3-4,6,8,10-11H2,1-2H3/t14-,15?,16?,18?,19?,20?,21?/m1/s1. The molecule has 6 unspecified atom stereocenters. The van der Waals surface area contributed by atoms with Gasteiger partial charge in [0.2, 0.25) is 0 Å². The lowest BCUT2D eigenvalue weighted by atomic mass is 9.46. The van der Waals surface area contributed by atoms with E-state index in [4.69, 9.17) is 0 Å². The lowest BCUT2D eigenvalue weighted by Crippen LogP contribution is -2.61. The quantitative estimate of drug-likeness (QED) is 0.695. The van der Waals surface area contributed by atoms with Crippen molar-refractivity contribution in [2.75, 3.05) is 6.61 Å². The van der Waals surface area contributed by atoms with Gasteiger partial charge in [-0.3, -0.25) is 9.59 Å². The van der Waals surface area contributed by atoms with Crippen LogP contribution >= 0.6 is 0 Å². The molecule has 3 fully saturated rings. The van der Waals surface area contributed by atoms with Gasteiger partial charge in [0.05, 0.1) is 6.10 Å². The molecule has 5 nitrogen and oxygen atoms in total. The monoisotopic (exact) mass is 360 g/mol. The smallest absolute Gasteiger partial charge is 0.190 e. The van der Waals surface area contributed by atoms with Crippen LogP contribution in [0.3, 0.4) is 0 Å². The highest BCUT2D eigenvalue weighted by atomic mass is 16.3. The second-order valence-electron chi connectivity index (χ2n) is 9.19. The number of Topliss-reactive ketones (excluding diaryl/α,β-unsaturated/α-hetero) is 1. The number of rotatable bonds is 2. The molecule has 0 aromatic carbocycles. The molecule has 5 heteroatoms. The van der Waals surface area contributed by atoms with E-state index < -0.39 is 29.5 Å². The molecule has 142 valence electrons. The summed E-state index contributed by atoms with van der Waals surface area (Å²) in [6.45, 7) is 3.34. The van der Waals surface area contributed by atoms with E-state index >= 15 is 0 Å². The third kappa shape index (κ3) is 2.08. The summed E-state index contributed by atoms with van der Waals surface area (Å²) >= 11 is 0. The Hall–Kier alpha value is -1.30. The fourth-order valence-electron chi connectivity index (χ4n) is 6.92. The number of carbonyl (C=O) groups excluding carboxylic acids is 2. The topological polar surface area (TPSA) is 94.8 Å². The molecule has 0 bridgehead atoms. The van der Waals surface area contributed by atoms with Crippen LogP contribution in [0.2, 0.25) is 0 Å². The van der Waals surface area contributed by atoms with E-state index in [1.54, 1.807) is 12.2 Å². The molecule has 0 radical (unpaired) electrons. The fraction of sp³-hybridized carbons (Fsp3) is 0.714. The van der Waals surface area contributed by atoms with Gasteiger partial charge in [-0.05, 0) is 56.1 Å². The van der Waals surface area contributed by atoms with Crippen LogP contribution < -0.4 is 0 Å². The van der Waals surface area contributed by atoms with Crippen molar-refractivity contribution in [2.45, 2.75) is 57.7 Å². The van der Waals surface area contributed by atoms with Crippen molar-refractivity contribution in [3.05, 3.63) is 23.8 Å². The van der Waals surface area contributed by atoms with Crippen LogP contribution in [0.5, 0.6) is 0 Å². The summed E-state index contributed by atoms with van der Waals surface area (Å²) in [5.41, 5.74) is -1.54. The minimum atomic E-state index is -1.56. The van der Waals surface area contributed by atoms with Crippen molar-refractivity contribution in [1.29, 1.82) is 0 Å². The highest BCUT2D eigenvalue weighted by Gasteiger charge is 2.67. The molecule has 3 N–H and O–H groups in total. The van der Waals surface area contributed by atoms with E-state index in [-0.39, 0.29) is 29.0 Å². The Kier molecular flexibility index (Phi) is 3.89. The van der Waals surface area contributed by atoms with Gasteiger partial charge in [-0.25, -0.2) is 0 Å². The number of ketones is 2. The van der Waals surface area contributed by atoms with E-state index in [1.165, 1.54) is 0 Å². The van der Waals surface area contributed by atoms with Crippen LogP contribution in [0.15, 0.2) is 23.8 Å². The molecule has 0 aromatic rings. The second kappa shape index (κ2) is 5.60. The molecule has 0 amide bonds. The predicted molar refractivity (Wildman–Crippen MR) is 95.0 cm³/mol. The van der Waals surface area contributed by atoms with Gasteiger partial charge < -0.3 is 15.3 Å². The summed E-state index contributed by atoms with van der Waals surface area (Å²) in [6.07, 6.45) is 7.68. The SMILES string of the molecule is CC12C=CC(=O)C=C1CC[C@H]1C2C(O)CC2(C)C1CCC2(O)C(=O)CO. The number of aliphatic hydroxyl groups is 3. The third-order valence-electron chi connectivity index (χ3n) is 8.25. The Bertz CT molecular complexity index is 724. The van der Waals surface area contributed by atoms with Crippen LogP contribution in [0.4, 0.5) is 0 Å². The maximum atomic E-state index is 12.4. The molecule has 3 saturated carbocycles. The second-order valence-corrected chi connectivity index (χ2v) is 9.19. The normalized spacial score (nSPS) is 49.9. The van der Waals surface area contributed by atoms with Crippen molar-refractivity contribution < 1.29 is 24.9 Å². The Morgan fingerprint density at radius 2 is 2.04 bits per heavy atom. The highest BCUT2D eigenvalue weighted by Crippen LogP contribution is 2.67. The molecule has 4 aliphatic rings. The molecule has 0 saturated heterocycles. The van der Waals surface area contributed by atoms with Gasteiger partial charge >= 0.3 is 0 Å². The molecular weight excluding hydrogens is 332 g/mol. The minimum Gasteiger partial charge on any atom is -0.393 e. The van der Waals surface area contributed by atoms with Gasteiger partial charge in [0.1, 0.15) is 12.2 Å². The largest absolute Gasteiger partial charge is 0.393 e. The molecule has 0 heterocycles. The fourth-order valence-corrected chi connectivity index (χ4v) is 6.92. The van der Waals surface area contributed by atoms with Gasteiger partial charge in [-0.1, -0.05) is 25.5 Å². The van der Waals surface area contributed by atoms with E-state index in [9.17, 15) is 24.9 Å². The number of hydrogen-bond donors (Lipinski definition) is 3. The number of allylic oxidation sites excluding steroid dienone is 4. The van der Waals surface area contributed by atoms with Gasteiger partial charge in [0.15, 0.2) is 11.6 Å². The molecule has 4 rings (SSSR count). The predicted octanol–water partition coefficient (Wildman–Crippen LogP) is 1.56. The summed E-state index contributed by atoms with van der Waals surface area (Å²) in [4.78, 5) is 24.2. The Morgan fingerprint density at radius 1 is 1.31 bits per heavy atom. The minimum absolute atomic E-state index is 0.00912. The van der Waals surface area contributed by atoms with Crippen molar-refractivity contribution in [3.8, 4) is 0 Å². The first-order valence-corrected chi connectivity index (χ1v) is 9.66. The molecule has 0 aromatic heterocycles. The third-order valence-corrected chi connectivity index (χ3v) is 8.25. The lowest BCUT2D eigenvalue weighted by Gasteiger charge is -2.59. The van der Waals surface area contributed by atoms with Crippen molar-refractivity contribution in [1.82, 2.24) is 0 Å². The summed E-state index contributed by atoms with van der Waals surface area (Å²) in [5, 5.41) is 31.7. The summed E-state index contributed by atoms with van der Waals surface area (Å²) in [6, 6.07) is 0.